The molecule has 0 aromatic heterocycles. The van der Waals surface area contributed by atoms with Gasteiger partial charge in [-0.05, 0) is 13.8 Å². The molecule has 1 amide bonds. The second-order valence-electron chi connectivity index (χ2n) is 3.82. The Morgan fingerprint density at radius 3 is 2.93 bits per heavy atom. The Hall–Kier alpha value is -0.810. The van der Waals surface area contributed by atoms with E-state index in [1.54, 1.807) is 7.05 Å². The molecule has 1 aliphatic heterocycles. The van der Waals surface area contributed by atoms with Crippen molar-refractivity contribution >= 4 is 6.09 Å². The van der Waals surface area contributed by atoms with E-state index in [4.69, 9.17) is 9.47 Å². The Kier molecular flexibility index (Phi) is 4.84. The van der Waals surface area contributed by atoms with Crippen LogP contribution in [0.15, 0.2) is 0 Å². The van der Waals surface area contributed by atoms with Gasteiger partial charge < -0.3 is 19.7 Å². The van der Waals surface area contributed by atoms with Gasteiger partial charge in [-0.25, -0.2) is 4.79 Å². The van der Waals surface area contributed by atoms with Crippen molar-refractivity contribution in [2.45, 2.75) is 26.1 Å². The zero-order valence-electron chi connectivity index (χ0n) is 9.66. The van der Waals surface area contributed by atoms with E-state index in [-0.39, 0.29) is 18.3 Å². The largest absolute Gasteiger partial charge is 0.447 e. The van der Waals surface area contributed by atoms with Crippen molar-refractivity contribution in [2.24, 2.45) is 0 Å². The van der Waals surface area contributed by atoms with E-state index in [0.717, 1.165) is 13.1 Å². The van der Waals surface area contributed by atoms with Crippen molar-refractivity contribution in [3.05, 3.63) is 0 Å². The van der Waals surface area contributed by atoms with Crippen LogP contribution in [0, 0.1) is 0 Å². The van der Waals surface area contributed by atoms with Crippen LogP contribution in [0.5, 0.6) is 0 Å². The molecule has 1 saturated heterocycles. The van der Waals surface area contributed by atoms with Crippen LogP contribution in [0.1, 0.15) is 13.8 Å². The van der Waals surface area contributed by atoms with Crippen LogP contribution in [0.4, 0.5) is 4.79 Å². The number of nitrogens with zero attached hydrogens (tertiary/aromatic N) is 1. The molecule has 1 aliphatic rings. The molecular weight excluding hydrogens is 196 g/mol. The fraction of sp³-hybridized carbons (Fsp3) is 0.900. The lowest BCUT2D eigenvalue weighted by atomic mass is 10.2. The first-order valence-corrected chi connectivity index (χ1v) is 5.37. The molecule has 0 aromatic rings. The van der Waals surface area contributed by atoms with Crippen molar-refractivity contribution < 1.29 is 14.3 Å². The molecule has 2 atom stereocenters. The Morgan fingerprint density at radius 2 is 2.33 bits per heavy atom. The average molecular weight is 216 g/mol. The van der Waals surface area contributed by atoms with Crippen LogP contribution in [0.3, 0.4) is 0 Å². The van der Waals surface area contributed by atoms with Crippen molar-refractivity contribution in [3.8, 4) is 0 Å². The molecule has 0 radical (unpaired) electrons. The van der Waals surface area contributed by atoms with Crippen molar-refractivity contribution in [1.29, 1.82) is 0 Å². The fourth-order valence-electron chi connectivity index (χ4n) is 1.37. The second-order valence-corrected chi connectivity index (χ2v) is 3.82. The predicted octanol–water partition coefficient (Wildman–Crippen LogP) is 0.452. The Labute approximate surface area is 90.7 Å². The summed E-state index contributed by atoms with van der Waals surface area (Å²) >= 11 is 0. The first-order chi connectivity index (χ1) is 7.13. The normalized spacial score (nSPS) is 26.1. The van der Waals surface area contributed by atoms with Crippen LogP contribution in [-0.2, 0) is 9.47 Å². The minimum absolute atomic E-state index is 0.0250. The molecule has 0 bridgehead atoms. The van der Waals surface area contributed by atoms with Gasteiger partial charge in [-0.3, -0.25) is 0 Å². The summed E-state index contributed by atoms with van der Waals surface area (Å²) in [4.78, 5) is 12.9. The topological polar surface area (TPSA) is 50.8 Å². The summed E-state index contributed by atoms with van der Waals surface area (Å²) in [6.45, 7) is 6.48. The number of amides is 1. The van der Waals surface area contributed by atoms with Crippen LogP contribution >= 0.6 is 0 Å². The third kappa shape index (κ3) is 4.05. The molecule has 0 aromatic carbocycles. The average Bonchev–Trinajstić information content (AvgIpc) is 2.25. The number of rotatable bonds is 3. The standard InChI is InChI=1S/C10H20N2O3/c1-4-12(3)10(13)14-7-9-6-11-5-8(2)15-9/h8-9,11H,4-7H2,1-3H3. The SMILES string of the molecule is CCN(C)C(=O)OCC1CNCC(C)O1. The lowest BCUT2D eigenvalue weighted by Crippen LogP contribution is -2.46. The van der Waals surface area contributed by atoms with Crippen LogP contribution < -0.4 is 5.32 Å². The molecule has 2 unspecified atom stereocenters. The summed E-state index contributed by atoms with van der Waals surface area (Å²) in [6, 6.07) is 0. The Bertz CT molecular complexity index is 211. The maximum atomic E-state index is 11.3. The summed E-state index contributed by atoms with van der Waals surface area (Å²) in [7, 11) is 1.71. The van der Waals surface area contributed by atoms with Gasteiger partial charge in [0.25, 0.3) is 0 Å². The minimum atomic E-state index is -0.292. The van der Waals surface area contributed by atoms with Crippen molar-refractivity contribution in [2.75, 3.05) is 33.3 Å². The quantitative estimate of drug-likeness (QED) is 0.744. The molecular formula is C10H20N2O3. The molecule has 5 heteroatoms. The van der Waals surface area contributed by atoms with Gasteiger partial charge in [0.1, 0.15) is 12.7 Å². The van der Waals surface area contributed by atoms with E-state index >= 15 is 0 Å². The van der Waals surface area contributed by atoms with Gasteiger partial charge in [-0.15, -0.1) is 0 Å². The number of ether oxygens (including phenoxy) is 2. The molecule has 1 N–H and O–H groups in total. The highest BCUT2D eigenvalue weighted by molar-refractivity contribution is 5.67. The van der Waals surface area contributed by atoms with Gasteiger partial charge in [0.2, 0.25) is 0 Å². The monoisotopic (exact) mass is 216 g/mol. The van der Waals surface area contributed by atoms with Crippen molar-refractivity contribution in [3.63, 3.8) is 0 Å². The van der Waals surface area contributed by atoms with E-state index in [2.05, 4.69) is 5.32 Å². The van der Waals surface area contributed by atoms with Gasteiger partial charge >= 0.3 is 6.09 Å². The van der Waals surface area contributed by atoms with Gasteiger partial charge in [0, 0.05) is 26.7 Å². The maximum Gasteiger partial charge on any atom is 0.409 e. The number of carbonyl (C=O) groups is 1. The van der Waals surface area contributed by atoms with E-state index in [9.17, 15) is 4.79 Å². The zero-order chi connectivity index (χ0) is 11.3. The smallest absolute Gasteiger partial charge is 0.409 e. The molecule has 1 fully saturated rings. The minimum Gasteiger partial charge on any atom is -0.447 e. The second kappa shape index (κ2) is 5.92. The van der Waals surface area contributed by atoms with E-state index in [0.29, 0.717) is 13.2 Å². The first-order valence-electron chi connectivity index (χ1n) is 5.37. The lowest BCUT2D eigenvalue weighted by molar-refractivity contribution is -0.0574. The highest BCUT2D eigenvalue weighted by Gasteiger charge is 2.20. The highest BCUT2D eigenvalue weighted by atomic mass is 16.6. The molecule has 0 saturated carbocycles. The number of hydrogen-bond donors (Lipinski definition) is 1. The zero-order valence-corrected chi connectivity index (χ0v) is 9.66. The van der Waals surface area contributed by atoms with Gasteiger partial charge in [-0.2, -0.15) is 0 Å². The molecule has 0 aliphatic carbocycles. The highest BCUT2D eigenvalue weighted by Crippen LogP contribution is 2.04. The molecule has 0 spiro atoms. The molecule has 88 valence electrons. The van der Waals surface area contributed by atoms with E-state index in [1.807, 2.05) is 13.8 Å². The third-order valence-corrected chi connectivity index (χ3v) is 2.41. The van der Waals surface area contributed by atoms with Gasteiger partial charge in [-0.1, -0.05) is 0 Å². The van der Waals surface area contributed by atoms with Crippen molar-refractivity contribution in [1.82, 2.24) is 10.2 Å². The molecule has 5 nitrogen and oxygen atoms in total. The summed E-state index contributed by atoms with van der Waals surface area (Å²) in [6.07, 6.45) is -0.131. The first kappa shape index (κ1) is 12.3. The lowest BCUT2D eigenvalue weighted by Gasteiger charge is -2.28. The van der Waals surface area contributed by atoms with E-state index < -0.39 is 0 Å². The Morgan fingerprint density at radius 1 is 1.60 bits per heavy atom. The number of morpholine rings is 1. The van der Waals surface area contributed by atoms with E-state index in [1.165, 1.54) is 4.90 Å². The molecule has 1 rings (SSSR count). The summed E-state index contributed by atoms with van der Waals surface area (Å²) < 4.78 is 10.7. The predicted molar refractivity (Wildman–Crippen MR) is 56.9 cm³/mol. The van der Waals surface area contributed by atoms with Crippen LogP contribution in [-0.4, -0.2) is 56.5 Å². The summed E-state index contributed by atoms with van der Waals surface area (Å²) in [5, 5.41) is 3.22. The van der Waals surface area contributed by atoms with Crippen LogP contribution in [0.2, 0.25) is 0 Å². The summed E-state index contributed by atoms with van der Waals surface area (Å²) in [5.74, 6) is 0. The van der Waals surface area contributed by atoms with Gasteiger partial charge in [0.05, 0.1) is 6.10 Å². The number of carbonyl (C=O) groups excluding carboxylic acids is 1. The maximum absolute atomic E-state index is 11.3. The Balaban J connectivity index is 2.21. The third-order valence-electron chi connectivity index (χ3n) is 2.41. The number of hydrogen-bond acceptors (Lipinski definition) is 4. The fourth-order valence-corrected chi connectivity index (χ4v) is 1.37. The van der Waals surface area contributed by atoms with Crippen LogP contribution in [0.25, 0.3) is 0 Å². The summed E-state index contributed by atoms with van der Waals surface area (Å²) in [5.41, 5.74) is 0. The molecule has 15 heavy (non-hydrogen) atoms. The molecule has 1 heterocycles. The van der Waals surface area contributed by atoms with Gasteiger partial charge in [0.15, 0.2) is 0 Å². The number of nitrogens with one attached hydrogen (secondary N) is 1.